The lowest BCUT2D eigenvalue weighted by molar-refractivity contribution is -0.145. The number of aromatic nitrogens is 2. The fraction of sp³-hybridized carbons (Fsp3) is 0.273. The molecule has 2 aromatic heterocycles. The largest absolute Gasteiger partial charge is 0.478 e. The Bertz CT molecular complexity index is 1380. The van der Waals surface area contributed by atoms with E-state index in [1.165, 1.54) is 29.1 Å². The molecule has 5 atom stereocenters. The van der Waals surface area contributed by atoms with Crippen molar-refractivity contribution in [1.29, 1.82) is 5.26 Å². The molecule has 0 unspecified atom stereocenters. The second-order valence-electron chi connectivity index (χ2n) is 7.81. The summed E-state index contributed by atoms with van der Waals surface area (Å²) in [5.41, 5.74) is 0.309. The zero-order valence-electron chi connectivity index (χ0n) is 18.1. The van der Waals surface area contributed by atoms with E-state index in [2.05, 4.69) is 26.3 Å². The van der Waals surface area contributed by atoms with Crippen molar-refractivity contribution >= 4 is 50.3 Å². The minimum absolute atomic E-state index is 0.00319. The van der Waals surface area contributed by atoms with Crippen molar-refractivity contribution in [2.24, 2.45) is 0 Å². The van der Waals surface area contributed by atoms with Crippen LogP contribution < -0.4 is 5.32 Å². The van der Waals surface area contributed by atoms with E-state index in [4.69, 9.17) is 20.8 Å². The van der Waals surface area contributed by atoms with Crippen LogP contribution in [0.5, 0.6) is 0 Å². The lowest BCUT2D eigenvalue weighted by Crippen LogP contribution is -2.58. The summed E-state index contributed by atoms with van der Waals surface area (Å²) in [4.78, 5) is 24.7. The van der Waals surface area contributed by atoms with E-state index in [1.54, 1.807) is 6.07 Å². The Morgan fingerprint density at radius 1 is 1.36 bits per heavy atom. The smallest absolute Gasteiger partial charge is 0.370 e. The summed E-state index contributed by atoms with van der Waals surface area (Å²) >= 11 is 9.47. The van der Waals surface area contributed by atoms with Gasteiger partial charge in [0.2, 0.25) is 5.76 Å². The lowest BCUT2D eigenvalue weighted by atomic mass is 9.91. The molecule has 14 heteroatoms. The second-order valence-corrected chi connectivity index (χ2v) is 9.08. The number of aliphatic carboxylic acids is 1. The van der Waals surface area contributed by atoms with Gasteiger partial charge in [-0.3, -0.25) is 4.79 Å². The van der Waals surface area contributed by atoms with Gasteiger partial charge in [0, 0.05) is 9.86 Å². The summed E-state index contributed by atoms with van der Waals surface area (Å²) in [5.74, 6) is -2.98. The number of furan rings is 1. The van der Waals surface area contributed by atoms with E-state index < -0.39 is 54.6 Å². The van der Waals surface area contributed by atoms with Gasteiger partial charge in [-0.2, -0.15) is 10.4 Å². The second kappa shape index (κ2) is 10.3. The number of carbonyl (C=O) groups excluding carboxylic acids is 1. The van der Waals surface area contributed by atoms with E-state index in [0.717, 1.165) is 6.08 Å². The van der Waals surface area contributed by atoms with Crippen LogP contribution in [0.4, 0.5) is 0 Å². The zero-order valence-corrected chi connectivity index (χ0v) is 20.4. The predicted octanol–water partition coefficient (Wildman–Crippen LogP) is 1.34. The van der Waals surface area contributed by atoms with Gasteiger partial charge in [0.1, 0.15) is 30.1 Å². The van der Waals surface area contributed by atoms with Crippen molar-refractivity contribution in [3.63, 3.8) is 0 Å². The Kier molecular flexibility index (Phi) is 7.34. The molecule has 0 saturated carbocycles. The first-order chi connectivity index (χ1) is 17.2. The molecule has 4 rings (SSSR count). The number of nitrogens with zero attached hydrogens (tertiary/aromatic N) is 3. The molecule has 36 heavy (non-hydrogen) atoms. The molecule has 0 bridgehead atoms. The number of halogens is 2. The van der Waals surface area contributed by atoms with Gasteiger partial charge in [-0.25, -0.2) is 9.48 Å². The summed E-state index contributed by atoms with van der Waals surface area (Å²) in [6.07, 6.45) is -2.78. The minimum atomic E-state index is -1.85. The highest BCUT2D eigenvalue weighted by molar-refractivity contribution is 9.10. The van der Waals surface area contributed by atoms with Crippen LogP contribution in [0.15, 0.2) is 51.3 Å². The fourth-order valence-electron chi connectivity index (χ4n) is 3.89. The molecule has 0 fully saturated rings. The Labute approximate surface area is 216 Å². The number of hydrogen-bond donors (Lipinski definition) is 5. The maximum absolute atomic E-state index is 12.9. The van der Waals surface area contributed by atoms with Gasteiger partial charge in [0.25, 0.3) is 5.91 Å². The number of amides is 1. The number of hydrogen-bond acceptors (Lipinski definition) is 9. The van der Waals surface area contributed by atoms with Crippen molar-refractivity contribution < 1.29 is 39.2 Å². The van der Waals surface area contributed by atoms with Crippen molar-refractivity contribution in [2.75, 3.05) is 6.61 Å². The highest BCUT2D eigenvalue weighted by Crippen LogP contribution is 2.35. The van der Waals surface area contributed by atoms with E-state index in [-0.39, 0.29) is 11.5 Å². The predicted molar refractivity (Wildman–Crippen MR) is 126 cm³/mol. The Hall–Kier alpha value is -3.41. The lowest BCUT2D eigenvalue weighted by Gasteiger charge is -2.40. The molecule has 5 N–H and O–H groups in total. The molecule has 0 saturated heterocycles. The molecule has 0 radical (unpaired) electrons. The number of carboxylic acid groups (broad SMARTS) is 1. The van der Waals surface area contributed by atoms with Crippen LogP contribution in [0.3, 0.4) is 0 Å². The van der Waals surface area contributed by atoms with Crippen molar-refractivity contribution in [1.82, 2.24) is 15.1 Å². The molecule has 3 aromatic rings. The number of rotatable bonds is 7. The molecule has 1 aromatic carbocycles. The van der Waals surface area contributed by atoms with Crippen LogP contribution in [0.2, 0.25) is 5.02 Å². The summed E-state index contributed by atoms with van der Waals surface area (Å²) in [7, 11) is 0. The van der Waals surface area contributed by atoms with Gasteiger partial charge in [-0.1, -0.05) is 11.6 Å². The van der Waals surface area contributed by atoms with Gasteiger partial charge < -0.3 is 34.9 Å². The monoisotopic (exact) mass is 580 g/mol. The number of nitrogens with one attached hydrogen (secondary N) is 1. The van der Waals surface area contributed by atoms with Crippen LogP contribution in [0.1, 0.15) is 22.3 Å². The first-order valence-electron chi connectivity index (χ1n) is 10.4. The first kappa shape index (κ1) is 25.7. The molecule has 0 spiro atoms. The van der Waals surface area contributed by atoms with Gasteiger partial charge in [0.15, 0.2) is 5.76 Å². The van der Waals surface area contributed by atoms with Gasteiger partial charge >= 0.3 is 5.97 Å². The number of benzene rings is 1. The number of carbonyl (C=O) groups is 2. The topological polar surface area (TPSA) is 191 Å². The molecule has 3 heterocycles. The molecule has 1 aliphatic heterocycles. The molecule has 1 amide bonds. The molecule has 188 valence electrons. The zero-order chi connectivity index (χ0) is 26.1. The highest BCUT2D eigenvalue weighted by atomic mass is 79.9. The van der Waals surface area contributed by atoms with Crippen molar-refractivity contribution in [2.45, 2.75) is 30.4 Å². The third-order valence-corrected chi connectivity index (χ3v) is 6.80. The Morgan fingerprint density at radius 3 is 2.72 bits per heavy atom. The van der Waals surface area contributed by atoms with Crippen LogP contribution in [-0.4, -0.2) is 73.0 Å². The molecule has 12 nitrogen and oxygen atoms in total. The van der Waals surface area contributed by atoms with Crippen LogP contribution in [-0.2, 0) is 9.53 Å². The van der Waals surface area contributed by atoms with Gasteiger partial charge in [0.05, 0.1) is 35.5 Å². The summed E-state index contributed by atoms with van der Waals surface area (Å²) in [5, 5.41) is 57.5. The molecular formula is C22H18BrClN4O8. The van der Waals surface area contributed by atoms with Gasteiger partial charge in [-0.05, 0) is 46.3 Å². The average Bonchev–Trinajstić information content (AvgIpc) is 3.51. The highest BCUT2D eigenvalue weighted by Gasteiger charge is 2.46. The fourth-order valence-corrected chi connectivity index (χ4v) is 4.39. The van der Waals surface area contributed by atoms with Crippen molar-refractivity contribution in [3.8, 4) is 6.07 Å². The quantitative estimate of drug-likeness (QED) is 0.272. The summed E-state index contributed by atoms with van der Waals surface area (Å²) in [6.45, 7) is -0.877. The Morgan fingerprint density at radius 2 is 2.11 bits per heavy atom. The minimum Gasteiger partial charge on any atom is -0.478 e. The number of aliphatic hydroxyl groups is 3. The third kappa shape index (κ3) is 4.69. The van der Waals surface area contributed by atoms with Gasteiger partial charge in [-0.15, -0.1) is 0 Å². The molecular weight excluding hydrogens is 564 g/mol. The van der Waals surface area contributed by atoms with E-state index >= 15 is 0 Å². The number of fused-ring (bicyclic) bond motifs is 1. The number of ether oxygens (including phenoxy) is 1. The third-order valence-electron chi connectivity index (χ3n) is 5.61. The maximum atomic E-state index is 12.9. The normalized spacial score (nSPS) is 21.2. The van der Waals surface area contributed by atoms with Crippen molar-refractivity contribution in [3.05, 3.63) is 63.3 Å². The van der Waals surface area contributed by atoms with E-state index in [0.29, 0.717) is 20.4 Å². The summed E-state index contributed by atoms with van der Waals surface area (Å²) < 4.78 is 12.2. The molecule has 0 aliphatic carbocycles. The first-order valence-corrected chi connectivity index (χ1v) is 11.5. The number of nitriles is 1. The van der Waals surface area contributed by atoms with Crippen LogP contribution in [0.25, 0.3) is 10.9 Å². The average molecular weight is 582 g/mol. The SMILES string of the molecule is N#Cc1c2cc(Br)c(Cl)cc2nn1[C@H]1C=C(C(=O)O)O[C@@H]([C@H](O)[C@H](O)CO)[C@@H]1NC(=O)c1ccco1. The van der Waals surface area contributed by atoms with E-state index in [9.17, 15) is 35.3 Å². The van der Waals surface area contributed by atoms with E-state index in [1.807, 2.05) is 6.07 Å². The number of aliphatic hydroxyl groups excluding tert-OH is 3. The maximum Gasteiger partial charge on any atom is 0.370 e. The Balaban J connectivity index is 1.91. The number of carboxylic acids is 1. The standard InChI is InChI=1S/C22H18BrClN4O8/c23-10-4-9-12(5-11(10)24)27-28(14(9)7-25)13-6-17(22(33)34)36-20(19(31)15(30)8-29)18(13)26-21(32)16-2-1-3-35-16/h1-6,13,15,18-20,29-31H,8H2,(H,26,32)(H,33,34)/t13-,15+,18+,19+,20+/m0/s1. The summed E-state index contributed by atoms with van der Waals surface area (Å²) in [6, 6.07) is 5.45. The van der Waals surface area contributed by atoms with Crippen LogP contribution >= 0.6 is 27.5 Å². The molecule has 1 aliphatic rings. The van der Waals surface area contributed by atoms with Crippen LogP contribution in [0, 0.1) is 11.3 Å².